The molecule has 4 nitrogen and oxygen atoms in total. The van der Waals surface area contributed by atoms with Crippen LogP contribution in [-0.4, -0.2) is 62.0 Å². The minimum Gasteiger partial charge on any atom is -0.353 e. The van der Waals surface area contributed by atoms with Crippen LogP contribution >= 0.6 is 23.5 Å². The highest BCUT2D eigenvalue weighted by Crippen LogP contribution is 2.15. The molecule has 2 aliphatic heterocycles. The van der Waals surface area contributed by atoms with Gasteiger partial charge in [-0.3, -0.25) is 0 Å². The van der Waals surface area contributed by atoms with E-state index < -0.39 is 0 Å². The Labute approximate surface area is 130 Å². The van der Waals surface area contributed by atoms with Gasteiger partial charge in [0.25, 0.3) is 0 Å². The van der Waals surface area contributed by atoms with Crippen molar-refractivity contribution in [1.82, 2.24) is 0 Å². The average Bonchev–Trinajstić information content (AvgIpc) is 2.44. The molecule has 2 saturated heterocycles. The van der Waals surface area contributed by atoms with Crippen LogP contribution in [-0.2, 0) is 18.9 Å². The van der Waals surface area contributed by atoms with Gasteiger partial charge in [-0.05, 0) is 19.3 Å². The molecule has 118 valence electrons. The third-order valence-corrected chi connectivity index (χ3v) is 5.38. The molecule has 20 heavy (non-hydrogen) atoms. The summed E-state index contributed by atoms with van der Waals surface area (Å²) in [4.78, 5) is 0. The van der Waals surface area contributed by atoms with Crippen LogP contribution in [0.25, 0.3) is 0 Å². The summed E-state index contributed by atoms with van der Waals surface area (Å²) >= 11 is 3.90. The Bertz CT molecular complexity index is 233. The van der Waals surface area contributed by atoms with Crippen molar-refractivity contribution in [3.63, 3.8) is 0 Å². The van der Waals surface area contributed by atoms with Gasteiger partial charge in [-0.1, -0.05) is 0 Å². The topological polar surface area (TPSA) is 36.9 Å². The van der Waals surface area contributed by atoms with E-state index in [1.54, 1.807) is 0 Å². The van der Waals surface area contributed by atoms with Gasteiger partial charge in [0.2, 0.25) is 0 Å². The quantitative estimate of drug-likeness (QED) is 0.545. The Hall–Kier alpha value is 0.540. The number of thioether (sulfide) groups is 2. The van der Waals surface area contributed by atoms with Crippen LogP contribution in [0, 0.1) is 0 Å². The van der Waals surface area contributed by atoms with Crippen LogP contribution in [0.15, 0.2) is 0 Å². The molecule has 0 aromatic rings. The van der Waals surface area contributed by atoms with Crippen LogP contribution in [0.4, 0.5) is 0 Å². The molecule has 0 aliphatic carbocycles. The fourth-order valence-electron chi connectivity index (χ4n) is 1.99. The second-order valence-corrected chi connectivity index (χ2v) is 7.30. The Balaban J connectivity index is 1.26. The Morgan fingerprint density at radius 3 is 1.85 bits per heavy atom. The molecule has 0 bridgehead atoms. The molecule has 0 amide bonds. The molecule has 2 rings (SSSR count). The van der Waals surface area contributed by atoms with Crippen LogP contribution in [0.1, 0.15) is 25.7 Å². The van der Waals surface area contributed by atoms with E-state index in [0.717, 1.165) is 50.8 Å². The molecule has 0 radical (unpaired) electrons. The Morgan fingerprint density at radius 2 is 1.35 bits per heavy atom. The van der Waals surface area contributed by atoms with Gasteiger partial charge < -0.3 is 18.9 Å². The lowest BCUT2D eigenvalue weighted by Crippen LogP contribution is -2.30. The molecule has 0 spiro atoms. The highest BCUT2D eigenvalue weighted by atomic mass is 32.2. The predicted molar refractivity (Wildman–Crippen MR) is 84.5 cm³/mol. The molecule has 2 fully saturated rings. The third kappa shape index (κ3) is 7.52. The van der Waals surface area contributed by atoms with E-state index in [0.29, 0.717) is 0 Å². The van der Waals surface area contributed by atoms with Gasteiger partial charge in [0.15, 0.2) is 12.6 Å². The molecule has 2 atom stereocenters. The first kappa shape index (κ1) is 16.9. The average molecular weight is 322 g/mol. The molecule has 0 N–H and O–H groups in total. The normalized spacial score (nSPS) is 26.4. The minimum absolute atomic E-state index is 0.0598. The van der Waals surface area contributed by atoms with Gasteiger partial charge in [0.05, 0.1) is 19.8 Å². The number of hydrogen-bond donors (Lipinski definition) is 0. The van der Waals surface area contributed by atoms with E-state index in [1.165, 1.54) is 24.3 Å². The monoisotopic (exact) mass is 322 g/mol. The largest absolute Gasteiger partial charge is 0.353 e. The van der Waals surface area contributed by atoms with E-state index in [1.807, 2.05) is 23.5 Å². The zero-order valence-corrected chi connectivity index (χ0v) is 13.7. The number of rotatable bonds is 11. The van der Waals surface area contributed by atoms with Crippen molar-refractivity contribution in [2.45, 2.75) is 38.3 Å². The highest BCUT2D eigenvalue weighted by molar-refractivity contribution is 8.02. The van der Waals surface area contributed by atoms with Crippen molar-refractivity contribution in [3.8, 4) is 0 Å². The van der Waals surface area contributed by atoms with Crippen LogP contribution < -0.4 is 0 Å². The lowest BCUT2D eigenvalue weighted by Gasteiger charge is -2.26. The fraction of sp³-hybridized carbons (Fsp3) is 1.00. The minimum atomic E-state index is 0.0598. The Kier molecular flexibility index (Phi) is 9.43. The second kappa shape index (κ2) is 11.2. The third-order valence-electron chi connectivity index (χ3n) is 3.23. The van der Waals surface area contributed by atoms with Gasteiger partial charge in [0, 0.05) is 36.0 Å². The van der Waals surface area contributed by atoms with E-state index in [-0.39, 0.29) is 12.6 Å². The van der Waals surface area contributed by atoms with Crippen molar-refractivity contribution >= 4 is 23.5 Å². The van der Waals surface area contributed by atoms with Gasteiger partial charge >= 0.3 is 0 Å². The molecule has 0 aromatic heterocycles. The first-order valence-electron chi connectivity index (χ1n) is 7.57. The van der Waals surface area contributed by atoms with E-state index in [9.17, 15) is 0 Å². The first-order valence-corrected chi connectivity index (χ1v) is 9.88. The van der Waals surface area contributed by atoms with Crippen molar-refractivity contribution < 1.29 is 18.9 Å². The zero-order valence-electron chi connectivity index (χ0n) is 12.1. The number of hydrogen-bond acceptors (Lipinski definition) is 6. The predicted octanol–water partition coefficient (Wildman–Crippen LogP) is 2.76. The van der Waals surface area contributed by atoms with E-state index >= 15 is 0 Å². The van der Waals surface area contributed by atoms with Gasteiger partial charge in [-0.2, -0.15) is 23.5 Å². The molecule has 2 heterocycles. The maximum Gasteiger partial charge on any atom is 0.159 e. The molecule has 6 heteroatoms. The number of ether oxygens (including phenoxy) is 4. The van der Waals surface area contributed by atoms with Crippen LogP contribution in [0.3, 0.4) is 0 Å². The summed E-state index contributed by atoms with van der Waals surface area (Å²) < 4.78 is 21.9. The van der Waals surface area contributed by atoms with Crippen molar-refractivity contribution in [2.75, 3.05) is 49.4 Å². The molecule has 2 aliphatic rings. The Morgan fingerprint density at radius 1 is 0.750 bits per heavy atom. The summed E-state index contributed by atoms with van der Waals surface area (Å²) in [5, 5.41) is 0. The summed E-state index contributed by atoms with van der Waals surface area (Å²) in [7, 11) is 0. The molecule has 0 saturated carbocycles. The lowest BCUT2D eigenvalue weighted by molar-refractivity contribution is -0.211. The van der Waals surface area contributed by atoms with Gasteiger partial charge in [0.1, 0.15) is 0 Å². The van der Waals surface area contributed by atoms with Crippen molar-refractivity contribution in [1.29, 1.82) is 0 Å². The van der Waals surface area contributed by atoms with E-state index in [2.05, 4.69) is 0 Å². The maximum atomic E-state index is 5.69. The van der Waals surface area contributed by atoms with Crippen LogP contribution in [0.5, 0.6) is 0 Å². The van der Waals surface area contributed by atoms with Crippen LogP contribution in [0.2, 0.25) is 0 Å². The zero-order chi connectivity index (χ0) is 13.9. The SMILES string of the molecule is C1CCC(OCCSCCSCCOC2CCO2)OC1. The summed E-state index contributed by atoms with van der Waals surface area (Å²) in [5.41, 5.74) is 0. The van der Waals surface area contributed by atoms with E-state index in [4.69, 9.17) is 18.9 Å². The standard InChI is InChI=1S/C14H26O4S2/c1-2-5-15-13(3-1)17-7-9-19-11-12-20-10-8-18-14-4-6-16-14/h13-14H,1-12H2. The summed E-state index contributed by atoms with van der Waals surface area (Å²) in [6.45, 7) is 3.34. The smallest absolute Gasteiger partial charge is 0.159 e. The highest BCUT2D eigenvalue weighted by Gasteiger charge is 2.17. The summed E-state index contributed by atoms with van der Waals surface area (Å²) in [6.07, 6.45) is 4.69. The summed E-state index contributed by atoms with van der Waals surface area (Å²) in [5.74, 6) is 4.48. The molecule has 2 unspecified atom stereocenters. The molecular weight excluding hydrogens is 296 g/mol. The second-order valence-electron chi connectivity index (χ2n) is 4.85. The summed E-state index contributed by atoms with van der Waals surface area (Å²) in [6, 6.07) is 0. The van der Waals surface area contributed by atoms with Crippen molar-refractivity contribution in [3.05, 3.63) is 0 Å². The van der Waals surface area contributed by atoms with Gasteiger partial charge in [-0.25, -0.2) is 0 Å². The van der Waals surface area contributed by atoms with Gasteiger partial charge in [-0.15, -0.1) is 0 Å². The fourth-order valence-corrected chi connectivity index (χ4v) is 3.77. The maximum absolute atomic E-state index is 5.69. The molecule has 0 aromatic carbocycles. The lowest BCUT2D eigenvalue weighted by atomic mass is 10.2. The molecular formula is C14H26O4S2. The van der Waals surface area contributed by atoms with Crippen molar-refractivity contribution in [2.24, 2.45) is 0 Å². The first-order chi connectivity index (χ1) is 9.95.